The van der Waals surface area contributed by atoms with E-state index < -0.39 is 0 Å². The van der Waals surface area contributed by atoms with Gasteiger partial charge < -0.3 is 10.4 Å². The number of benzene rings is 1. The number of hydrogen-bond acceptors (Lipinski definition) is 2. The molecular formula is C10H12BrNO. The van der Waals surface area contributed by atoms with Crippen molar-refractivity contribution in [2.75, 3.05) is 11.9 Å². The van der Waals surface area contributed by atoms with Crippen LogP contribution in [-0.2, 0) is 0 Å². The summed E-state index contributed by atoms with van der Waals surface area (Å²) in [6.07, 6.45) is 0. The van der Waals surface area contributed by atoms with Crippen LogP contribution in [0, 0.1) is 0 Å². The first kappa shape index (κ1) is 9.03. The molecule has 2 atom stereocenters. The minimum absolute atomic E-state index is 0.171. The van der Waals surface area contributed by atoms with Gasteiger partial charge in [-0.2, -0.15) is 0 Å². The van der Waals surface area contributed by atoms with E-state index in [0.717, 1.165) is 10.2 Å². The van der Waals surface area contributed by atoms with E-state index in [0.29, 0.717) is 5.92 Å². The quantitative estimate of drug-likeness (QED) is 0.792. The third-order valence-corrected chi connectivity index (χ3v) is 3.14. The van der Waals surface area contributed by atoms with Crippen LogP contribution in [0.25, 0.3) is 0 Å². The molecule has 0 saturated heterocycles. The number of halogens is 1. The fourth-order valence-corrected chi connectivity index (χ4v) is 2.16. The largest absolute Gasteiger partial charge is 0.394 e. The summed E-state index contributed by atoms with van der Waals surface area (Å²) in [5.41, 5.74) is 2.43. The smallest absolute Gasteiger partial charge is 0.0638 e. The minimum atomic E-state index is 0.171. The second kappa shape index (κ2) is 3.31. The molecule has 13 heavy (non-hydrogen) atoms. The number of hydrogen-bond donors (Lipinski definition) is 2. The van der Waals surface area contributed by atoms with Gasteiger partial charge >= 0.3 is 0 Å². The summed E-state index contributed by atoms with van der Waals surface area (Å²) in [7, 11) is 0. The lowest BCUT2D eigenvalue weighted by Crippen LogP contribution is -2.22. The van der Waals surface area contributed by atoms with Crippen molar-refractivity contribution in [3.8, 4) is 0 Å². The maximum absolute atomic E-state index is 9.10. The van der Waals surface area contributed by atoms with Crippen LogP contribution in [0.3, 0.4) is 0 Å². The molecule has 0 bridgehead atoms. The molecule has 0 amide bonds. The summed E-state index contributed by atoms with van der Waals surface area (Å²) >= 11 is 3.42. The summed E-state index contributed by atoms with van der Waals surface area (Å²) in [5.74, 6) is 0.396. The number of nitrogens with one attached hydrogen (secondary N) is 1. The number of aliphatic hydroxyl groups is 1. The second-order valence-corrected chi connectivity index (χ2v) is 4.37. The normalized spacial score (nSPS) is 25.5. The van der Waals surface area contributed by atoms with Gasteiger partial charge in [0.05, 0.1) is 12.6 Å². The van der Waals surface area contributed by atoms with Crippen molar-refractivity contribution in [2.24, 2.45) is 0 Å². The van der Waals surface area contributed by atoms with Gasteiger partial charge in [-0.3, -0.25) is 0 Å². The lowest BCUT2D eigenvalue weighted by atomic mass is 9.98. The number of fused-ring (bicyclic) bond motifs is 1. The molecule has 70 valence electrons. The van der Waals surface area contributed by atoms with Gasteiger partial charge in [-0.1, -0.05) is 28.9 Å². The molecule has 2 unspecified atom stereocenters. The third kappa shape index (κ3) is 1.46. The summed E-state index contributed by atoms with van der Waals surface area (Å²) in [6, 6.07) is 6.37. The number of anilines is 1. The molecule has 1 aromatic carbocycles. The lowest BCUT2D eigenvalue weighted by Gasteiger charge is -2.12. The maximum atomic E-state index is 9.10. The average Bonchev–Trinajstić information content (AvgIpc) is 2.42. The van der Waals surface area contributed by atoms with Gasteiger partial charge in [0.2, 0.25) is 0 Å². The monoisotopic (exact) mass is 241 g/mol. The van der Waals surface area contributed by atoms with E-state index in [-0.39, 0.29) is 12.6 Å². The average molecular weight is 242 g/mol. The van der Waals surface area contributed by atoms with Crippen molar-refractivity contribution in [1.29, 1.82) is 0 Å². The highest BCUT2D eigenvalue weighted by atomic mass is 79.9. The van der Waals surface area contributed by atoms with E-state index >= 15 is 0 Å². The highest BCUT2D eigenvalue weighted by Gasteiger charge is 2.27. The van der Waals surface area contributed by atoms with Crippen molar-refractivity contribution in [1.82, 2.24) is 0 Å². The number of rotatable bonds is 1. The molecule has 2 rings (SSSR count). The molecule has 1 heterocycles. The molecule has 1 aliphatic rings. The van der Waals surface area contributed by atoms with E-state index in [1.54, 1.807) is 0 Å². The van der Waals surface area contributed by atoms with E-state index in [4.69, 9.17) is 5.11 Å². The SMILES string of the molecule is CC1c2ccc(Br)cc2NC1CO. The molecule has 2 nitrogen and oxygen atoms in total. The second-order valence-electron chi connectivity index (χ2n) is 3.45. The summed E-state index contributed by atoms with van der Waals surface area (Å²) in [4.78, 5) is 0. The van der Waals surface area contributed by atoms with Crippen LogP contribution in [0.15, 0.2) is 22.7 Å². The molecule has 3 heteroatoms. The minimum Gasteiger partial charge on any atom is -0.394 e. The van der Waals surface area contributed by atoms with Crippen LogP contribution in [-0.4, -0.2) is 17.8 Å². The Kier molecular flexibility index (Phi) is 2.30. The van der Waals surface area contributed by atoms with Gasteiger partial charge in [0.25, 0.3) is 0 Å². The Morgan fingerprint density at radius 3 is 3.00 bits per heavy atom. The maximum Gasteiger partial charge on any atom is 0.0638 e. The topological polar surface area (TPSA) is 32.3 Å². The molecule has 0 aliphatic carbocycles. The Balaban J connectivity index is 2.38. The predicted octanol–water partition coefficient (Wildman–Crippen LogP) is 2.34. The predicted molar refractivity (Wildman–Crippen MR) is 57.1 cm³/mol. The Bertz CT molecular complexity index is 327. The Hall–Kier alpha value is -0.540. The van der Waals surface area contributed by atoms with Crippen molar-refractivity contribution in [3.05, 3.63) is 28.2 Å². The summed E-state index contributed by atoms with van der Waals surface area (Å²) < 4.78 is 1.07. The van der Waals surface area contributed by atoms with Gasteiger partial charge in [-0.05, 0) is 17.7 Å². The van der Waals surface area contributed by atoms with Crippen molar-refractivity contribution in [3.63, 3.8) is 0 Å². The van der Waals surface area contributed by atoms with E-state index in [1.807, 2.05) is 6.07 Å². The van der Waals surface area contributed by atoms with Gasteiger partial charge in [-0.25, -0.2) is 0 Å². The van der Waals surface area contributed by atoms with Crippen LogP contribution >= 0.6 is 15.9 Å². The molecule has 0 spiro atoms. The van der Waals surface area contributed by atoms with Crippen LogP contribution < -0.4 is 5.32 Å². The first-order valence-corrected chi connectivity index (χ1v) is 5.18. The molecule has 2 N–H and O–H groups in total. The van der Waals surface area contributed by atoms with Gasteiger partial charge in [-0.15, -0.1) is 0 Å². The van der Waals surface area contributed by atoms with Crippen LogP contribution in [0.2, 0.25) is 0 Å². The molecule has 0 saturated carbocycles. The number of aliphatic hydroxyl groups excluding tert-OH is 1. The fraction of sp³-hybridized carbons (Fsp3) is 0.400. The van der Waals surface area contributed by atoms with Gasteiger partial charge in [0, 0.05) is 16.1 Å². The van der Waals surface area contributed by atoms with E-state index in [2.05, 4.69) is 40.3 Å². The molecular weight excluding hydrogens is 230 g/mol. The Labute approximate surface area is 86.1 Å². The Morgan fingerprint density at radius 1 is 1.54 bits per heavy atom. The van der Waals surface area contributed by atoms with Crippen molar-refractivity contribution in [2.45, 2.75) is 18.9 Å². The molecule has 0 aromatic heterocycles. The molecule has 0 radical (unpaired) electrons. The van der Waals surface area contributed by atoms with Crippen LogP contribution in [0.4, 0.5) is 5.69 Å². The zero-order valence-corrected chi connectivity index (χ0v) is 9.01. The molecule has 0 fully saturated rings. The van der Waals surface area contributed by atoms with Gasteiger partial charge in [0.1, 0.15) is 0 Å². The van der Waals surface area contributed by atoms with Crippen molar-refractivity contribution >= 4 is 21.6 Å². The standard InChI is InChI=1S/C10H12BrNO/c1-6-8-3-2-7(11)4-9(8)12-10(6)5-13/h2-4,6,10,12-13H,5H2,1H3. The van der Waals surface area contributed by atoms with Gasteiger partial charge in [0.15, 0.2) is 0 Å². The Morgan fingerprint density at radius 2 is 2.31 bits per heavy atom. The highest BCUT2D eigenvalue weighted by Crippen LogP contribution is 2.36. The zero-order valence-electron chi connectivity index (χ0n) is 7.42. The van der Waals surface area contributed by atoms with Crippen molar-refractivity contribution < 1.29 is 5.11 Å². The highest BCUT2D eigenvalue weighted by molar-refractivity contribution is 9.10. The van der Waals surface area contributed by atoms with E-state index in [1.165, 1.54) is 5.56 Å². The third-order valence-electron chi connectivity index (χ3n) is 2.65. The fourth-order valence-electron chi connectivity index (χ4n) is 1.80. The zero-order chi connectivity index (χ0) is 9.42. The van der Waals surface area contributed by atoms with Crippen LogP contribution in [0.1, 0.15) is 18.4 Å². The first-order chi connectivity index (χ1) is 6.22. The lowest BCUT2D eigenvalue weighted by molar-refractivity contribution is 0.266. The first-order valence-electron chi connectivity index (χ1n) is 4.39. The summed E-state index contributed by atoms with van der Waals surface area (Å²) in [6.45, 7) is 2.32. The molecule has 1 aromatic rings. The molecule has 1 aliphatic heterocycles. The summed E-state index contributed by atoms with van der Waals surface area (Å²) in [5, 5.41) is 12.4. The van der Waals surface area contributed by atoms with E-state index in [9.17, 15) is 0 Å². The van der Waals surface area contributed by atoms with Crippen LogP contribution in [0.5, 0.6) is 0 Å².